The maximum absolute atomic E-state index is 10.1. The van der Waals surface area contributed by atoms with Gasteiger partial charge in [-0.15, -0.1) is 47.5 Å². The molecule has 0 amide bonds. The van der Waals surface area contributed by atoms with Crippen LogP contribution in [0.5, 0.6) is 0 Å². The van der Waals surface area contributed by atoms with E-state index in [-0.39, 0.29) is 31.3 Å². The Balaban J connectivity index is 0.000000149. The van der Waals surface area contributed by atoms with Crippen LogP contribution in [-0.2, 0) is 33.2 Å². The normalized spacial score (nSPS) is 10.8. The van der Waals surface area contributed by atoms with Crippen molar-refractivity contribution < 1.29 is 35.5 Å². The Morgan fingerprint density at radius 2 is 0.984 bits per heavy atom. The van der Waals surface area contributed by atoms with Crippen molar-refractivity contribution in [1.82, 2.24) is 24.1 Å². The molecule has 11 aromatic rings. The number of aromatic carboxylic acids is 1. The van der Waals surface area contributed by atoms with Gasteiger partial charge in [-0.3, -0.25) is 9.97 Å². The monoisotopic (exact) mass is 976 g/mol. The first kappa shape index (κ1) is 42.1. The Morgan fingerprint density at radius 1 is 0.541 bits per heavy atom. The smallest absolute Gasteiger partial charge is 0.354 e. The molecule has 5 heterocycles. The maximum atomic E-state index is 10.1. The number of aromatic nitrogens is 5. The van der Waals surface area contributed by atoms with Gasteiger partial charge >= 0.3 is 5.97 Å². The van der Waals surface area contributed by atoms with E-state index in [0.717, 1.165) is 57.4 Å². The third-order valence-corrected chi connectivity index (χ3v) is 10.7. The van der Waals surface area contributed by atoms with Gasteiger partial charge in [-0.05, 0) is 94.2 Å². The standard InChI is InChI=1S/2C23H17N2.C6H5NO2.Ir.H2O/c2*1-2-25-22-10-6-4-8-18(22)19-15-17(12-14-23(19)25)21-13-11-16-7-3-5-9-20(16)24-21;8-6(9)5-3-1-2-4-7-5;;/h2*3-11,13-15H,2H2,1H3;1-4H,(H,8,9);;1H2/q2*-1;;;. The Hall–Kier alpha value is -7.03. The van der Waals surface area contributed by atoms with Crippen LogP contribution in [-0.4, -0.2) is 40.6 Å². The number of carboxylic acid groups (broad SMARTS) is 1. The molecule has 0 saturated carbocycles. The molecule has 0 bridgehead atoms. The van der Waals surface area contributed by atoms with E-state index in [1.807, 2.05) is 24.3 Å². The first-order valence-corrected chi connectivity index (χ1v) is 19.7. The molecule has 11 rings (SSSR count). The molecule has 5 aromatic heterocycles. The maximum Gasteiger partial charge on any atom is 0.354 e. The van der Waals surface area contributed by atoms with Crippen LogP contribution in [0.1, 0.15) is 24.3 Å². The van der Waals surface area contributed by atoms with Crippen LogP contribution in [0.15, 0.2) is 170 Å². The van der Waals surface area contributed by atoms with E-state index in [1.165, 1.54) is 55.9 Å². The summed E-state index contributed by atoms with van der Waals surface area (Å²) in [5, 5.41) is 15.8. The predicted octanol–water partition coefficient (Wildman–Crippen LogP) is 11.6. The van der Waals surface area contributed by atoms with Gasteiger partial charge in [-0.2, -0.15) is 0 Å². The summed E-state index contributed by atoms with van der Waals surface area (Å²) in [5.41, 5.74) is 11.1. The van der Waals surface area contributed by atoms with E-state index in [2.05, 4.69) is 161 Å². The quantitative estimate of drug-likeness (QED) is 0.172. The number of benzene rings is 6. The molecule has 303 valence electrons. The number of nitrogens with zero attached hydrogens (tertiary/aromatic N) is 5. The van der Waals surface area contributed by atoms with Gasteiger partial charge in [-0.1, -0.05) is 114 Å². The largest absolute Gasteiger partial charge is 0.477 e. The summed E-state index contributed by atoms with van der Waals surface area (Å²) in [6, 6.07) is 62.3. The summed E-state index contributed by atoms with van der Waals surface area (Å²) < 4.78 is 4.69. The van der Waals surface area contributed by atoms with Crippen molar-refractivity contribution >= 4 is 71.4 Å². The molecular formula is C52H41IrN5O3-2. The average Bonchev–Trinajstić information content (AvgIpc) is 3.80. The molecule has 0 aliphatic carbocycles. The Bertz CT molecular complexity index is 3110. The molecule has 8 nitrogen and oxygen atoms in total. The number of carboxylic acids is 1. The van der Waals surface area contributed by atoms with Crippen LogP contribution in [0.4, 0.5) is 0 Å². The Morgan fingerprint density at radius 3 is 1.41 bits per heavy atom. The van der Waals surface area contributed by atoms with Gasteiger partial charge < -0.3 is 19.7 Å². The molecule has 3 N–H and O–H groups in total. The van der Waals surface area contributed by atoms with E-state index >= 15 is 0 Å². The molecular weight excluding hydrogens is 935 g/mol. The fraction of sp³-hybridized carbons (Fsp3) is 0.0769. The van der Waals surface area contributed by atoms with Crippen LogP contribution < -0.4 is 0 Å². The molecule has 0 saturated heterocycles. The Kier molecular flexibility index (Phi) is 12.8. The molecule has 0 aliphatic rings. The van der Waals surface area contributed by atoms with Gasteiger partial charge in [0.2, 0.25) is 0 Å². The van der Waals surface area contributed by atoms with E-state index < -0.39 is 5.97 Å². The summed E-state index contributed by atoms with van der Waals surface area (Å²) in [6.45, 7) is 6.27. The molecule has 6 aromatic carbocycles. The number of aryl methyl sites for hydroxylation is 2. The van der Waals surface area contributed by atoms with Crippen molar-refractivity contribution in [2.24, 2.45) is 0 Å². The summed E-state index contributed by atoms with van der Waals surface area (Å²) in [5.74, 6) is -0.990. The number of hydrogen-bond acceptors (Lipinski definition) is 4. The first-order valence-electron chi connectivity index (χ1n) is 19.7. The third-order valence-electron chi connectivity index (χ3n) is 10.7. The van der Waals surface area contributed by atoms with Crippen LogP contribution >= 0.6 is 0 Å². The van der Waals surface area contributed by atoms with Crippen molar-refractivity contribution in [2.75, 3.05) is 0 Å². The van der Waals surface area contributed by atoms with Gasteiger partial charge in [0.25, 0.3) is 0 Å². The third kappa shape index (κ3) is 8.27. The number of pyridine rings is 3. The second kappa shape index (κ2) is 18.5. The zero-order chi connectivity index (χ0) is 40.3. The molecule has 61 heavy (non-hydrogen) atoms. The van der Waals surface area contributed by atoms with Gasteiger partial charge in [0.15, 0.2) is 0 Å². The molecule has 1 radical (unpaired) electrons. The number of hydrogen-bond donors (Lipinski definition) is 1. The summed E-state index contributed by atoms with van der Waals surface area (Å²) in [6.07, 6.45) is 1.45. The van der Waals surface area contributed by atoms with E-state index in [1.54, 1.807) is 12.1 Å². The van der Waals surface area contributed by atoms with Crippen molar-refractivity contribution in [3.8, 4) is 22.5 Å². The van der Waals surface area contributed by atoms with Gasteiger partial charge in [0, 0.05) is 50.4 Å². The minimum absolute atomic E-state index is 0. The van der Waals surface area contributed by atoms with Gasteiger partial charge in [-0.25, -0.2) is 9.78 Å². The molecule has 0 spiro atoms. The minimum atomic E-state index is -0.990. The van der Waals surface area contributed by atoms with Crippen LogP contribution in [0.3, 0.4) is 0 Å². The number of fused-ring (bicyclic) bond motifs is 8. The van der Waals surface area contributed by atoms with Gasteiger partial charge in [0.1, 0.15) is 5.69 Å². The fourth-order valence-corrected chi connectivity index (χ4v) is 7.88. The molecule has 0 atom stereocenters. The number of carbonyl (C=O) groups is 1. The summed E-state index contributed by atoms with van der Waals surface area (Å²) in [7, 11) is 0. The summed E-state index contributed by atoms with van der Waals surface area (Å²) in [4.78, 5) is 23.4. The van der Waals surface area contributed by atoms with E-state index in [4.69, 9.17) is 15.1 Å². The predicted molar refractivity (Wildman–Crippen MR) is 244 cm³/mol. The zero-order valence-electron chi connectivity index (χ0n) is 33.5. The Labute approximate surface area is 366 Å². The SMILES string of the molecule is CCn1c2c[c-]c(-c3ccc4ccccc4n3)cc2c2ccccc21.CCn1c2c[c-]c(-c3ccc4ccccc4n3)cc2c2ccccc21.O.O=C(O)c1ccccn1.[Ir]. The van der Waals surface area contributed by atoms with Crippen LogP contribution in [0.25, 0.3) is 87.9 Å². The molecule has 0 aliphatic heterocycles. The number of rotatable bonds is 5. The minimum Gasteiger partial charge on any atom is -0.477 e. The zero-order valence-corrected chi connectivity index (χ0v) is 35.9. The fourth-order valence-electron chi connectivity index (χ4n) is 7.88. The van der Waals surface area contributed by atoms with E-state index in [9.17, 15) is 4.79 Å². The summed E-state index contributed by atoms with van der Waals surface area (Å²) >= 11 is 0. The molecule has 9 heteroatoms. The van der Waals surface area contributed by atoms with Crippen molar-refractivity contribution in [2.45, 2.75) is 26.9 Å². The average molecular weight is 976 g/mol. The molecule has 0 fully saturated rings. The van der Waals surface area contributed by atoms with Crippen molar-refractivity contribution in [3.63, 3.8) is 0 Å². The van der Waals surface area contributed by atoms with Crippen molar-refractivity contribution in [1.29, 1.82) is 0 Å². The first-order chi connectivity index (χ1) is 29.0. The van der Waals surface area contributed by atoms with Crippen molar-refractivity contribution in [3.05, 3.63) is 188 Å². The van der Waals surface area contributed by atoms with Gasteiger partial charge in [0.05, 0.1) is 11.0 Å². The molecule has 0 unspecified atom stereocenters. The second-order valence-electron chi connectivity index (χ2n) is 14.1. The van der Waals surface area contributed by atoms with Crippen LogP contribution in [0, 0.1) is 12.1 Å². The second-order valence-corrected chi connectivity index (χ2v) is 14.1. The van der Waals surface area contributed by atoms with Crippen LogP contribution in [0.2, 0.25) is 0 Å². The number of para-hydroxylation sites is 4. The van der Waals surface area contributed by atoms with E-state index in [0.29, 0.717) is 0 Å². The topological polar surface area (TPSA) is 117 Å².